The Morgan fingerprint density at radius 2 is 1.85 bits per heavy atom. The normalized spacial score (nSPS) is 35.8. The van der Waals surface area contributed by atoms with Crippen molar-refractivity contribution in [2.45, 2.75) is 32.1 Å². The van der Waals surface area contributed by atoms with Crippen LogP contribution in [0, 0.1) is 11.8 Å². The molecule has 1 saturated carbocycles. The molecule has 13 heavy (non-hydrogen) atoms. The van der Waals surface area contributed by atoms with Crippen molar-refractivity contribution in [1.82, 2.24) is 4.90 Å². The molecule has 1 saturated heterocycles. The molecular formula is C11H22N2. The number of nitrogens with zero attached hydrogens (tertiary/aromatic N) is 1. The minimum atomic E-state index is 0.831. The van der Waals surface area contributed by atoms with E-state index in [2.05, 4.69) is 4.90 Å². The average molecular weight is 182 g/mol. The summed E-state index contributed by atoms with van der Waals surface area (Å²) in [6, 6.07) is 0. The van der Waals surface area contributed by atoms with Gasteiger partial charge in [0.1, 0.15) is 0 Å². The average Bonchev–Trinajstić information content (AvgIpc) is 2.18. The molecule has 1 heterocycles. The van der Waals surface area contributed by atoms with Gasteiger partial charge in [-0.25, -0.2) is 0 Å². The third-order valence-electron chi connectivity index (χ3n) is 3.82. The summed E-state index contributed by atoms with van der Waals surface area (Å²) in [6.45, 7) is 4.58. The van der Waals surface area contributed by atoms with Crippen LogP contribution in [-0.4, -0.2) is 31.1 Å². The Balaban J connectivity index is 1.84. The predicted octanol–water partition coefficient (Wildman–Crippen LogP) is 1.46. The summed E-state index contributed by atoms with van der Waals surface area (Å²) in [6.07, 6.45) is 7.37. The molecule has 0 radical (unpaired) electrons. The van der Waals surface area contributed by atoms with E-state index in [0.29, 0.717) is 0 Å². The number of likely N-dealkylation sites (tertiary alicyclic amines) is 1. The molecule has 2 rings (SSSR count). The zero-order chi connectivity index (χ0) is 9.10. The van der Waals surface area contributed by atoms with E-state index in [9.17, 15) is 0 Å². The number of fused-ring (bicyclic) bond motifs is 1. The van der Waals surface area contributed by atoms with Crippen molar-refractivity contribution in [2.75, 3.05) is 26.2 Å². The first kappa shape index (κ1) is 9.47. The molecule has 2 atom stereocenters. The molecule has 0 amide bonds. The molecule has 2 heteroatoms. The van der Waals surface area contributed by atoms with Gasteiger partial charge in [-0.05, 0) is 31.2 Å². The first-order valence-corrected chi connectivity index (χ1v) is 5.82. The monoisotopic (exact) mass is 182 g/mol. The summed E-state index contributed by atoms with van der Waals surface area (Å²) in [7, 11) is 0. The molecular weight excluding hydrogens is 160 g/mol. The van der Waals surface area contributed by atoms with Crippen molar-refractivity contribution in [3.63, 3.8) is 0 Å². The maximum Gasteiger partial charge on any atom is 0.0105 e. The highest BCUT2D eigenvalue weighted by molar-refractivity contribution is 4.83. The van der Waals surface area contributed by atoms with Crippen molar-refractivity contribution in [3.05, 3.63) is 0 Å². The Labute approximate surface area is 81.5 Å². The summed E-state index contributed by atoms with van der Waals surface area (Å²) in [5.41, 5.74) is 5.59. The van der Waals surface area contributed by atoms with Crippen molar-refractivity contribution >= 4 is 0 Å². The lowest BCUT2D eigenvalue weighted by Gasteiger charge is -2.41. The SMILES string of the molecule is NCCN1CC[C@@H]2CCCC[C@H]2C1. The molecule has 0 aromatic rings. The van der Waals surface area contributed by atoms with Gasteiger partial charge in [-0.3, -0.25) is 0 Å². The zero-order valence-electron chi connectivity index (χ0n) is 8.54. The first-order chi connectivity index (χ1) is 6.40. The van der Waals surface area contributed by atoms with E-state index in [0.717, 1.165) is 24.9 Å². The smallest absolute Gasteiger partial charge is 0.0105 e. The van der Waals surface area contributed by atoms with Gasteiger partial charge < -0.3 is 10.6 Å². The van der Waals surface area contributed by atoms with E-state index < -0.39 is 0 Å². The number of hydrogen-bond acceptors (Lipinski definition) is 2. The molecule has 1 aliphatic carbocycles. The zero-order valence-corrected chi connectivity index (χ0v) is 8.54. The minimum absolute atomic E-state index is 0.831. The van der Waals surface area contributed by atoms with E-state index in [-0.39, 0.29) is 0 Å². The molecule has 0 bridgehead atoms. The van der Waals surface area contributed by atoms with Gasteiger partial charge in [-0.2, -0.15) is 0 Å². The van der Waals surface area contributed by atoms with Gasteiger partial charge in [0.05, 0.1) is 0 Å². The fraction of sp³-hybridized carbons (Fsp3) is 1.00. The van der Waals surface area contributed by atoms with Crippen LogP contribution < -0.4 is 5.73 Å². The van der Waals surface area contributed by atoms with E-state index in [1.807, 2.05) is 0 Å². The van der Waals surface area contributed by atoms with Crippen LogP contribution in [0.5, 0.6) is 0 Å². The lowest BCUT2D eigenvalue weighted by molar-refractivity contribution is 0.0891. The third kappa shape index (κ3) is 2.23. The lowest BCUT2D eigenvalue weighted by Crippen LogP contribution is -2.43. The van der Waals surface area contributed by atoms with E-state index in [1.165, 1.54) is 45.2 Å². The van der Waals surface area contributed by atoms with Crippen LogP contribution in [0.1, 0.15) is 32.1 Å². The van der Waals surface area contributed by atoms with Crippen LogP contribution in [0.2, 0.25) is 0 Å². The van der Waals surface area contributed by atoms with Crippen LogP contribution in [0.25, 0.3) is 0 Å². The molecule has 0 spiro atoms. The summed E-state index contributed by atoms with van der Waals surface area (Å²) in [5, 5.41) is 0. The Morgan fingerprint density at radius 1 is 1.08 bits per heavy atom. The summed E-state index contributed by atoms with van der Waals surface area (Å²) >= 11 is 0. The van der Waals surface area contributed by atoms with Gasteiger partial charge in [-0.15, -0.1) is 0 Å². The van der Waals surface area contributed by atoms with Crippen molar-refractivity contribution in [2.24, 2.45) is 17.6 Å². The van der Waals surface area contributed by atoms with Gasteiger partial charge in [0.25, 0.3) is 0 Å². The number of hydrogen-bond donors (Lipinski definition) is 1. The topological polar surface area (TPSA) is 29.3 Å². The summed E-state index contributed by atoms with van der Waals surface area (Å²) in [5.74, 6) is 2.07. The van der Waals surface area contributed by atoms with Crippen LogP contribution >= 0.6 is 0 Å². The molecule has 2 N–H and O–H groups in total. The second kappa shape index (κ2) is 4.43. The second-order valence-corrected chi connectivity index (χ2v) is 4.68. The molecule has 0 unspecified atom stereocenters. The highest BCUT2D eigenvalue weighted by Crippen LogP contribution is 2.35. The lowest BCUT2D eigenvalue weighted by atomic mass is 9.75. The van der Waals surface area contributed by atoms with Gasteiger partial charge >= 0.3 is 0 Å². The second-order valence-electron chi connectivity index (χ2n) is 4.68. The standard InChI is InChI=1S/C11H22N2/c12-6-8-13-7-5-10-3-1-2-4-11(10)9-13/h10-11H,1-9,12H2/t10-,11-/m0/s1. The van der Waals surface area contributed by atoms with Crippen molar-refractivity contribution in [1.29, 1.82) is 0 Å². The Morgan fingerprint density at radius 3 is 2.62 bits per heavy atom. The van der Waals surface area contributed by atoms with Crippen LogP contribution in [0.4, 0.5) is 0 Å². The fourth-order valence-corrected chi connectivity index (χ4v) is 3.06. The maximum absolute atomic E-state index is 5.59. The van der Waals surface area contributed by atoms with Crippen LogP contribution in [-0.2, 0) is 0 Å². The van der Waals surface area contributed by atoms with Gasteiger partial charge in [0.15, 0.2) is 0 Å². The maximum atomic E-state index is 5.59. The minimum Gasteiger partial charge on any atom is -0.329 e. The highest BCUT2D eigenvalue weighted by atomic mass is 15.1. The third-order valence-corrected chi connectivity index (χ3v) is 3.82. The largest absolute Gasteiger partial charge is 0.329 e. The fourth-order valence-electron chi connectivity index (χ4n) is 3.06. The highest BCUT2D eigenvalue weighted by Gasteiger charge is 2.30. The van der Waals surface area contributed by atoms with Gasteiger partial charge in [-0.1, -0.05) is 19.3 Å². The first-order valence-electron chi connectivity index (χ1n) is 5.82. The molecule has 0 aromatic carbocycles. The molecule has 76 valence electrons. The van der Waals surface area contributed by atoms with E-state index >= 15 is 0 Å². The Bertz CT molecular complexity index is 158. The molecule has 2 aliphatic rings. The molecule has 2 fully saturated rings. The van der Waals surface area contributed by atoms with Crippen molar-refractivity contribution in [3.8, 4) is 0 Å². The number of nitrogens with two attached hydrogens (primary N) is 1. The number of piperidine rings is 1. The number of rotatable bonds is 2. The summed E-state index contributed by atoms with van der Waals surface area (Å²) < 4.78 is 0. The summed E-state index contributed by atoms with van der Waals surface area (Å²) in [4.78, 5) is 2.56. The quantitative estimate of drug-likeness (QED) is 0.700. The van der Waals surface area contributed by atoms with E-state index in [4.69, 9.17) is 5.73 Å². The molecule has 1 aliphatic heterocycles. The van der Waals surface area contributed by atoms with Gasteiger partial charge in [0.2, 0.25) is 0 Å². The van der Waals surface area contributed by atoms with E-state index in [1.54, 1.807) is 0 Å². The van der Waals surface area contributed by atoms with Crippen LogP contribution in [0.3, 0.4) is 0 Å². The molecule has 2 nitrogen and oxygen atoms in total. The Hall–Kier alpha value is -0.0800. The Kier molecular flexibility index (Phi) is 3.23. The predicted molar refractivity (Wildman–Crippen MR) is 55.6 cm³/mol. The van der Waals surface area contributed by atoms with Gasteiger partial charge in [0, 0.05) is 19.6 Å². The van der Waals surface area contributed by atoms with Crippen LogP contribution in [0.15, 0.2) is 0 Å². The molecule has 0 aromatic heterocycles. The van der Waals surface area contributed by atoms with Crippen molar-refractivity contribution < 1.29 is 0 Å².